The number of rotatable bonds is 4. The fourth-order valence-electron chi connectivity index (χ4n) is 2.62. The number of hydrogen-bond acceptors (Lipinski definition) is 4. The van der Waals surface area contributed by atoms with Crippen LogP contribution in [0.25, 0.3) is 5.69 Å². The molecule has 2 aromatic rings. The second kappa shape index (κ2) is 5.40. The van der Waals surface area contributed by atoms with E-state index in [0.29, 0.717) is 30.9 Å². The lowest BCUT2D eigenvalue weighted by Crippen LogP contribution is -2.25. The Morgan fingerprint density at radius 3 is 2.65 bits per heavy atom. The Labute approximate surface area is 116 Å². The van der Waals surface area contributed by atoms with Gasteiger partial charge in [-0.15, -0.1) is 0 Å². The van der Waals surface area contributed by atoms with Gasteiger partial charge in [-0.1, -0.05) is 18.2 Å². The minimum atomic E-state index is -0.262. The molecule has 1 fully saturated rings. The van der Waals surface area contributed by atoms with Crippen molar-refractivity contribution in [2.24, 2.45) is 5.92 Å². The molecule has 104 valence electrons. The number of aromatic nitrogens is 4. The number of tetrazole rings is 1. The Balaban J connectivity index is 1.74. The van der Waals surface area contributed by atoms with Gasteiger partial charge in [-0.25, -0.2) is 4.79 Å². The summed E-state index contributed by atoms with van der Waals surface area (Å²) < 4.78 is 2.61. The first-order valence-electron chi connectivity index (χ1n) is 6.86. The quantitative estimate of drug-likeness (QED) is 0.838. The highest BCUT2D eigenvalue weighted by molar-refractivity contribution is 5.82. The van der Waals surface area contributed by atoms with Crippen LogP contribution >= 0.6 is 0 Å². The van der Waals surface area contributed by atoms with Gasteiger partial charge in [0.2, 0.25) is 0 Å². The molecule has 0 spiro atoms. The first-order chi connectivity index (χ1) is 9.75. The van der Waals surface area contributed by atoms with Crippen LogP contribution in [0.15, 0.2) is 35.1 Å². The molecular formula is C14H16N4O2. The highest BCUT2D eigenvalue weighted by Crippen LogP contribution is 2.24. The Hall–Kier alpha value is -2.24. The number of carbonyl (C=O) groups excluding carboxylic acids is 1. The second-order valence-corrected chi connectivity index (χ2v) is 5.08. The lowest BCUT2D eigenvalue weighted by atomic mass is 10.0. The van der Waals surface area contributed by atoms with E-state index in [-0.39, 0.29) is 11.6 Å². The monoisotopic (exact) mass is 272 g/mol. The third kappa shape index (κ3) is 2.41. The van der Waals surface area contributed by atoms with Crippen molar-refractivity contribution in [1.82, 2.24) is 19.8 Å². The predicted molar refractivity (Wildman–Crippen MR) is 72.6 cm³/mol. The topological polar surface area (TPSA) is 69.8 Å². The van der Waals surface area contributed by atoms with Crippen molar-refractivity contribution in [1.29, 1.82) is 0 Å². The maximum atomic E-state index is 12.2. The minimum Gasteiger partial charge on any atom is -0.299 e. The Morgan fingerprint density at radius 2 is 1.95 bits per heavy atom. The van der Waals surface area contributed by atoms with Gasteiger partial charge in [0.15, 0.2) is 0 Å². The molecule has 1 aromatic heterocycles. The second-order valence-electron chi connectivity index (χ2n) is 5.08. The molecule has 1 atom stereocenters. The van der Waals surface area contributed by atoms with E-state index in [4.69, 9.17) is 0 Å². The summed E-state index contributed by atoms with van der Waals surface area (Å²) in [6, 6.07) is 9.18. The molecule has 6 nitrogen and oxygen atoms in total. The lowest BCUT2D eigenvalue weighted by molar-refractivity contribution is -0.120. The molecular weight excluding hydrogens is 256 g/mol. The minimum absolute atomic E-state index is 0.0868. The van der Waals surface area contributed by atoms with Crippen molar-refractivity contribution in [3.63, 3.8) is 0 Å². The number of hydrogen-bond donors (Lipinski definition) is 0. The summed E-state index contributed by atoms with van der Waals surface area (Å²) in [7, 11) is 0. The number of carbonyl (C=O) groups is 1. The number of para-hydroxylation sites is 1. The van der Waals surface area contributed by atoms with Crippen LogP contribution in [0.1, 0.15) is 25.7 Å². The smallest absolute Gasteiger partial charge is 0.299 e. The van der Waals surface area contributed by atoms with E-state index >= 15 is 0 Å². The third-order valence-corrected chi connectivity index (χ3v) is 3.76. The molecule has 0 aliphatic heterocycles. The van der Waals surface area contributed by atoms with E-state index in [1.165, 1.54) is 9.36 Å². The molecule has 0 saturated heterocycles. The number of benzene rings is 1. The third-order valence-electron chi connectivity index (χ3n) is 3.76. The standard InChI is InChI=1S/C14H16N4O2/c19-13-8-4-5-11(13)9-10-17-14(20)18(16-15-17)12-6-2-1-3-7-12/h1-3,6-7,11H,4-5,8-10H2. The zero-order chi connectivity index (χ0) is 13.9. The van der Waals surface area contributed by atoms with E-state index in [0.717, 1.165) is 12.8 Å². The summed E-state index contributed by atoms with van der Waals surface area (Å²) in [5, 5.41) is 7.77. The van der Waals surface area contributed by atoms with Crippen LogP contribution in [0, 0.1) is 5.92 Å². The maximum absolute atomic E-state index is 12.2. The molecule has 0 N–H and O–H groups in total. The number of ketones is 1. The average Bonchev–Trinajstić information content (AvgIpc) is 3.04. The van der Waals surface area contributed by atoms with Crippen LogP contribution in [-0.4, -0.2) is 25.6 Å². The molecule has 0 bridgehead atoms. The highest BCUT2D eigenvalue weighted by atomic mass is 16.2. The van der Waals surface area contributed by atoms with Gasteiger partial charge in [0.05, 0.1) is 5.69 Å². The average molecular weight is 272 g/mol. The fraction of sp³-hybridized carbons (Fsp3) is 0.429. The maximum Gasteiger partial charge on any atom is 0.368 e. The zero-order valence-corrected chi connectivity index (χ0v) is 11.1. The normalized spacial score (nSPS) is 18.6. The summed E-state index contributed by atoms with van der Waals surface area (Å²) >= 11 is 0. The van der Waals surface area contributed by atoms with Crippen LogP contribution in [0.4, 0.5) is 0 Å². The summed E-state index contributed by atoms with van der Waals surface area (Å²) in [5.41, 5.74) is 0.433. The van der Waals surface area contributed by atoms with Crippen LogP contribution in [0.3, 0.4) is 0 Å². The number of Topliss-reactive ketones (excluding diaryl/α,β-unsaturated/α-hetero) is 1. The van der Waals surface area contributed by atoms with Crippen molar-refractivity contribution in [3.05, 3.63) is 40.8 Å². The molecule has 3 rings (SSSR count). The van der Waals surface area contributed by atoms with Gasteiger partial charge >= 0.3 is 5.69 Å². The molecule has 0 amide bonds. The molecule has 20 heavy (non-hydrogen) atoms. The van der Waals surface area contributed by atoms with Crippen LogP contribution in [0.5, 0.6) is 0 Å². The first-order valence-corrected chi connectivity index (χ1v) is 6.86. The molecule has 1 saturated carbocycles. The number of nitrogens with zero attached hydrogens (tertiary/aromatic N) is 4. The van der Waals surface area contributed by atoms with Crippen molar-refractivity contribution in [2.75, 3.05) is 0 Å². The van der Waals surface area contributed by atoms with Gasteiger partial charge in [0, 0.05) is 18.9 Å². The Morgan fingerprint density at radius 1 is 1.15 bits per heavy atom. The summed E-state index contributed by atoms with van der Waals surface area (Å²) in [6.07, 6.45) is 3.25. The van der Waals surface area contributed by atoms with E-state index in [9.17, 15) is 9.59 Å². The summed E-state index contributed by atoms with van der Waals surface area (Å²) in [6.45, 7) is 0.447. The van der Waals surface area contributed by atoms with Crippen LogP contribution in [0.2, 0.25) is 0 Å². The van der Waals surface area contributed by atoms with E-state index in [1.807, 2.05) is 18.2 Å². The molecule has 0 radical (unpaired) electrons. The van der Waals surface area contributed by atoms with Gasteiger partial charge < -0.3 is 0 Å². The van der Waals surface area contributed by atoms with E-state index in [2.05, 4.69) is 10.4 Å². The molecule has 1 unspecified atom stereocenters. The van der Waals surface area contributed by atoms with Crippen molar-refractivity contribution < 1.29 is 4.79 Å². The van der Waals surface area contributed by atoms with E-state index < -0.39 is 0 Å². The number of aryl methyl sites for hydroxylation is 1. The zero-order valence-electron chi connectivity index (χ0n) is 11.1. The van der Waals surface area contributed by atoms with Crippen LogP contribution in [-0.2, 0) is 11.3 Å². The predicted octanol–water partition coefficient (Wildman–Crippen LogP) is 1.19. The first kappa shape index (κ1) is 12.8. The van der Waals surface area contributed by atoms with E-state index in [1.54, 1.807) is 12.1 Å². The SMILES string of the molecule is O=C1CCCC1CCn1nnn(-c2ccccc2)c1=O. The van der Waals surface area contributed by atoms with Crippen molar-refractivity contribution in [2.45, 2.75) is 32.2 Å². The molecule has 1 heterocycles. The molecule has 1 aliphatic carbocycles. The fourth-order valence-corrected chi connectivity index (χ4v) is 2.62. The van der Waals surface area contributed by atoms with Crippen molar-refractivity contribution >= 4 is 5.78 Å². The summed E-state index contributed by atoms with van der Waals surface area (Å²) in [4.78, 5) is 23.8. The van der Waals surface area contributed by atoms with Gasteiger partial charge in [-0.2, -0.15) is 9.36 Å². The largest absolute Gasteiger partial charge is 0.368 e. The van der Waals surface area contributed by atoms with Gasteiger partial charge in [-0.3, -0.25) is 4.79 Å². The Kier molecular flexibility index (Phi) is 3.45. The van der Waals surface area contributed by atoms with Gasteiger partial charge in [0.1, 0.15) is 5.78 Å². The summed E-state index contributed by atoms with van der Waals surface area (Å²) in [5.74, 6) is 0.400. The lowest BCUT2D eigenvalue weighted by Gasteiger charge is -2.05. The van der Waals surface area contributed by atoms with Gasteiger partial charge in [-0.05, 0) is 41.8 Å². The molecule has 1 aliphatic rings. The van der Waals surface area contributed by atoms with Gasteiger partial charge in [0.25, 0.3) is 0 Å². The van der Waals surface area contributed by atoms with Crippen LogP contribution < -0.4 is 5.69 Å². The molecule has 6 heteroatoms. The Bertz CT molecular complexity index is 659. The van der Waals surface area contributed by atoms with Crippen molar-refractivity contribution in [3.8, 4) is 5.69 Å². The highest BCUT2D eigenvalue weighted by Gasteiger charge is 2.24. The molecule has 1 aromatic carbocycles.